The van der Waals surface area contributed by atoms with Crippen LogP contribution >= 0.6 is 0 Å². The molecule has 34 heavy (non-hydrogen) atoms. The largest absolute Gasteiger partial charge is 0.493 e. The van der Waals surface area contributed by atoms with Crippen molar-refractivity contribution in [2.24, 2.45) is 5.92 Å². The van der Waals surface area contributed by atoms with Crippen molar-refractivity contribution in [1.29, 1.82) is 0 Å². The van der Waals surface area contributed by atoms with Gasteiger partial charge in [-0.1, -0.05) is 0 Å². The number of carbonyl (C=O) groups excluding carboxylic acids is 2. The Balaban J connectivity index is 1.51. The van der Waals surface area contributed by atoms with Crippen molar-refractivity contribution in [2.75, 3.05) is 41.0 Å². The van der Waals surface area contributed by atoms with Crippen molar-refractivity contribution in [3.8, 4) is 34.3 Å². The lowest BCUT2D eigenvalue weighted by atomic mass is 10.1. The summed E-state index contributed by atoms with van der Waals surface area (Å²) in [6.45, 7) is 3.31. The van der Waals surface area contributed by atoms with Gasteiger partial charge in [-0.25, -0.2) is 14.8 Å². The van der Waals surface area contributed by atoms with Gasteiger partial charge in [0.1, 0.15) is 0 Å². The highest BCUT2D eigenvalue weighted by atomic mass is 16.6. The molecule has 1 fully saturated rings. The van der Waals surface area contributed by atoms with E-state index in [0.29, 0.717) is 59.3 Å². The van der Waals surface area contributed by atoms with Crippen molar-refractivity contribution in [3.05, 3.63) is 24.5 Å². The Morgan fingerprint density at radius 2 is 1.88 bits per heavy atom. The molecule has 1 atom stereocenters. The summed E-state index contributed by atoms with van der Waals surface area (Å²) in [5.74, 6) is 1.94. The lowest BCUT2D eigenvalue weighted by Gasteiger charge is -2.14. The van der Waals surface area contributed by atoms with Gasteiger partial charge in [0, 0.05) is 38.3 Å². The molecule has 0 spiro atoms. The maximum absolute atomic E-state index is 12.4. The van der Waals surface area contributed by atoms with Crippen molar-refractivity contribution in [3.63, 3.8) is 0 Å². The normalized spacial score (nSPS) is 15.3. The third-order valence-corrected chi connectivity index (χ3v) is 5.78. The second-order valence-corrected chi connectivity index (χ2v) is 7.91. The minimum atomic E-state index is -0.595. The lowest BCUT2D eigenvalue weighted by molar-refractivity contribution is -0.127. The molecule has 4 rings (SSSR count). The molecule has 3 heterocycles. The average molecular weight is 469 g/mol. The summed E-state index contributed by atoms with van der Waals surface area (Å²) < 4.78 is 21.7. The second-order valence-electron chi connectivity index (χ2n) is 7.91. The van der Waals surface area contributed by atoms with Crippen LogP contribution in [0.15, 0.2) is 24.5 Å². The topological polar surface area (TPSA) is 128 Å². The standard InChI is InChI=1S/C23H27N5O6/c1-13(29)28-6-5-14(12-28)9-26-23(30)34-19-11-25-22-20(19)27-16(10-24-22)15-7-17(31-2)21(33-4)18(8-15)32-3/h7-8,10-11,14H,5-6,9,12H2,1-4H3,(H,24,25)(H,26,30). The molecule has 2 N–H and O–H groups in total. The summed E-state index contributed by atoms with van der Waals surface area (Å²) in [7, 11) is 4.61. The second kappa shape index (κ2) is 9.86. The molecule has 0 radical (unpaired) electrons. The molecule has 180 valence electrons. The van der Waals surface area contributed by atoms with Crippen LogP contribution in [0.2, 0.25) is 0 Å². The molecule has 3 aromatic rings. The van der Waals surface area contributed by atoms with Crippen molar-refractivity contribution in [2.45, 2.75) is 13.3 Å². The third-order valence-electron chi connectivity index (χ3n) is 5.78. The summed E-state index contributed by atoms with van der Waals surface area (Å²) in [6.07, 6.45) is 3.39. The number of ether oxygens (including phenoxy) is 4. The zero-order valence-corrected chi connectivity index (χ0v) is 19.5. The number of nitrogens with zero attached hydrogens (tertiary/aromatic N) is 3. The molecule has 1 aliphatic heterocycles. The summed E-state index contributed by atoms with van der Waals surface area (Å²) >= 11 is 0. The van der Waals surface area contributed by atoms with Crippen LogP contribution in [0.5, 0.6) is 23.0 Å². The van der Waals surface area contributed by atoms with Gasteiger partial charge in [0.2, 0.25) is 11.7 Å². The van der Waals surface area contributed by atoms with Gasteiger partial charge in [-0.3, -0.25) is 4.79 Å². The Kier molecular flexibility index (Phi) is 6.71. The van der Waals surface area contributed by atoms with Crippen LogP contribution < -0.4 is 24.3 Å². The number of rotatable bonds is 7. The number of benzene rings is 1. The first kappa shape index (κ1) is 23.1. The molecule has 0 aliphatic carbocycles. The molecule has 0 bridgehead atoms. The summed E-state index contributed by atoms with van der Waals surface area (Å²) in [5, 5.41) is 2.77. The highest BCUT2D eigenvalue weighted by molar-refractivity contribution is 5.84. The molecule has 0 saturated carbocycles. The van der Waals surface area contributed by atoms with Gasteiger partial charge in [-0.05, 0) is 24.5 Å². The highest BCUT2D eigenvalue weighted by Gasteiger charge is 2.25. The Morgan fingerprint density at radius 1 is 1.15 bits per heavy atom. The minimum Gasteiger partial charge on any atom is -0.493 e. The van der Waals surface area contributed by atoms with E-state index in [1.54, 1.807) is 30.2 Å². The van der Waals surface area contributed by atoms with Gasteiger partial charge in [0.15, 0.2) is 28.4 Å². The number of likely N-dealkylation sites (tertiary alicyclic amines) is 1. The third kappa shape index (κ3) is 4.68. The van der Waals surface area contributed by atoms with E-state index in [1.807, 2.05) is 0 Å². The van der Waals surface area contributed by atoms with Gasteiger partial charge in [-0.2, -0.15) is 0 Å². The number of methoxy groups -OCH3 is 3. The summed E-state index contributed by atoms with van der Waals surface area (Å²) in [5.41, 5.74) is 2.11. The van der Waals surface area contributed by atoms with Gasteiger partial charge in [0.25, 0.3) is 0 Å². The summed E-state index contributed by atoms with van der Waals surface area (Å²) in [6, 6.07) is 3.53. The van der Waals surface area contributed by atoms with Crippen LogP contribution in [0.1, 0.15) is 13.3 Å². The molecule has 2 aromatic heterocycles. The van der Waals surface area contributed by atoms with Crippen molar-refractivity contribution in [1.82, 2.24) is 25.2 Å². The van der Waals surface area contributed by atoms with E-state index in [9.17, 15) is 9.59 Å². The van der Waals surface area contributed by atoms with Gasteiger partial charge >= 0.3 is 6.09 Å². The molecule has 1 aromatic carbocycles. The number of fused-ring (bicyclic) bond motifs is 1. The van der Waals surface area contributed by atoms with E-state index in [0.717, 1.165) is 6.42 Å². The van der Waals surface area contributed by atoms with Crippen LogP contribution in [-0.2, 0) is 4.79 Å². The van der Waals surface area contributed by atoms with Gasteiger partial charge in [0.05, 0.1) is 33.2 Å². The van der Waals surface area contributed by atoms with Crippen LogP contribution in [0.25, 0.3) is 22.4 Å². The first-order valence-corrected chi connectivity index (χ1v) is 10.8. The van der Waals surface area contributed by atoms with Crippen molar-refractivity contribution < 1.29 is 28.5 Å². The van der Waals surface area contributed by atoms with Crippen LogP contribution in [0.3, 0.4) is 0 Å². The lowest BCUT2D eigenvalue weighted by Crippen LogP contribution is -2.33. The molecular weight excluding hydrogens is 442 g/mol. The quantitative estimate of drug-likeness (QED) is 0.541. The Morgan fingerprint density at radius 3 is 2.50 bits per heavy atom. The molecule has 1 unspecified atom stereocenters. The van der Waals surface area contributed by atoms with Gasteiger partial charge in [-0.15, -0.1) is 0 Å². The summed E-state index contributed by atoms with van der Waals surface area (Å²) in [4.78, 5) is 37.6. The van der Waals surface area contributed by atoms with E-state index >= 15 is 0 Å². The van der Waals surface area contributed by atoms with Crippen LogP contribution in [0.4, 0.5) is 4.79 Å². The first-order chi connectivity index (χ1) is 16.4. The fourth-order valence-corrected chi connectivity index (χ4v) is 3.96. The highest BCUT2D eigenvalue weighted by Crippen LogP contribution is 2.41. The smallest absolute Gasteiger partial charge is 0.412 e. The number of H-pyrrole nitrogens is 1. The van der Waals surface area contributed by atoms with Crippen LogP contribution in [-0.4, -0.2) is 72.8 Å². The number of aromatic nitrogens is 3. The zero-order valence-electron chi connectivity index (χ0n) is 19.5. The number of hydrogen-bond acceptors (Lipinski definition) is 8. The zero-order chi connectivity index (χ0) is 24.2. The predicted octanol–water partition coefficient (Wildman–Crippen LogP) is 2.61. The Bertz CT molecular complexity index is 1180. The monoisotopic (exact) mass is 469 g/mol. The SMILES string of the molecule is COc1cc(-c2cnc3[nH]cc(OC(=O)NCC4CCN(C(C)=O)C4)c3n2)cc(OC)c1OC. The fraction of sp³-hybridized carbons (Fsp3) is 0.391. The molecular formula is C23H27N5O6. The van der Waals surface area contributed by atoms with E-state index in [-0.39, 0.29) is 17.6 Å². The van der Waals surface area contributed by atoms with E-state index in [4.69, 9.17) is 18.9 Å². The van der Waals surface area contributed by atoms with Crippen LogP contribution in [0, 0.1) is 5.92 Å². The molecule has 2 amide bonds. The Hall–Kier alpha value is -4.02. The number of carbonyl (C=O) groups is 2. The first-order valence-electron chi connectivity index (χ1n) is 10.8. The Labute approximate surface area is 196 Å². The molecule has 11 heteroatoms. The number of nitrogens with one attached hydrogen (secondary N) is 2. The number of amides is 2. The van der Waals surface area contributed by atoms with Gasteiger partial charge < -0.3 is 34.1 Å². The molecule has 1 saturated heterocycles. The molecule has 1 aliphatic rings. The van der Waals surface area contributed by atoms with Crippen molar-refractivity contribution >= 4 is 23.2 Å². The minimum absolute atomic E-state index is 0.0466. The number of hydrogen-bond donors (Lipinski definition) is 2. The fourth-order valence-electron chi connectivity index (χ4n) is 3.96. The van der Waals surface area contributed by atoms with E-state index in [2.05, 4.69) is 20.3 Å². The average Bonchev–Trinajstić information content (AvgIpc) is 3.49. The maximum atomic E-state index is 12.4. The predicted molar refractivity (Wildman–Crippen MR) is 123 cm³/mol. The maximum Gasteiger partial charge on any atom is 0.412 e. The van der Waals surface area contributed by atoms with E-state index in [1.165, 1.54) is 27.5 Å². The molecule has 11 nitrogen and oxygen atoms in total. The van der Waals surface area contributed by atoms with E-state index < -0.39 is 6.09 Å². The number of aromatic amines is 1.